The molecule has 0 bridgehead atoms. The zero-order valence-electron chi connectivity index (χ0n) is 11.0. The molecule has 7 heteroatoms. The number of ether oxygens (including phenoxy) is 1. The molecular weight excluding hydrogens is 290 g/mol. The van der Waals surface area contributed by atoms with Crippen LogP contribution in [0, 0.1) is 0 Å². The summed E-state index contributed by atoms with van der Waals surface area (Å²) in [6.45, 7) is 0. The van der Waals surface area contributed by atoms with Crippen LogP contribution in [0.3, 0.4) is 0 Å². The predicted molar refractivity (Wildman–Crippen MR) is 81.7 cm³/mol. The first-order chi connectivity index (χ1) is 10.1. The first-order valence-electron chi connectivity index (χ1n) is 6.27. The summed E-state index contributed by atoms with van der Waals surface area (Å²) in [4.78, 5) is 4.10. The van der Waals surface area contributed by atoms with Gasteiger partial charge in [-0.15, -0.1) is 0 Å². The van der Waals surface area contributed by atoms with E-state index in [1.807, 2.05) is 30.3 Å². The van der Waals surface area contributed by atoms with Gasteiger partial charge in [0.15, 0.2) is 0 Å². The topological polar surface area (TPSA) is 97.7 Å². The molecule has 3 rings (SSSR count). The summed E-state index contributed by atoms with van der Waals surface area (Å²) in [6, 6.07) is 14.6. The number of hydrogen-bond donors (Lipinski definition) is 4. The van der Waals surface area contributed by atoms with Gasteiger partial charge in [0.1, 0.15) is 11.5 Å². The zero-order chi connectivity index (χ0) is 14.9. The van der Waals surface area contributed by atoms with E-state index in [0.717, 1.165) is 0 Å². The molecule has 6 nitrogen and oxygen atoms in total. The van der Waals surface area contributed by atoms with Crippen LogP contribution in [-0.4, -0.2) is 5.96 Å². The lowest BCUT2D eigenvalue weighted by Crippen LogP contribution is -2.50. The summed E-state index contributed by atoms with van der Waals surface area (Å²) < 4.78 is 5.71. The van der Waals surface area contributed by atoms with Crippen molar-refractivity contribution in [2.24, 2.45) is 16.5 Å². The molecule has 2 aromatic carbocycles. The second kappa shape index (κ2) is 5.25. The maximum absolute atomic E-state index is 6.25. The molecule has 0 radical (unpaired) electrons. The van der Waals surface area contributed by atoms with Crippen molar-refractivity contribution in [3.63, 3.8) is 0 Å². The Balaban J connectivity index is 1.87. The molecule has 0 saturated heterocycles. The number of rotatable bonds is 3. The van der Waals surface area contributed by atoms with E-state index in [1.165, 1.54) is 0 Å². The molecule has 6 N–H and O–H groups in total. The number of aliphatic imine (C=N–C) groups is 1. The van der Waals surface area contributed by atoms with Crippen molar-refractivity contribution >= 4 is 17.6 Å². The summed E-state index contributed by atoms with van der Waals surface area (Å²) in [5.41, 5.74) is 17.8. The van der Waals surface area contributed by atoms with E-state index in [-0.39, 0.29) is 5.96 Å². The van der Waals surface area contributed by atoms with E-state index in [4.69, 9.17) is 27.8 Å². The largest absolute Gasteiger partial charge is 0.456 e. The number of benzene rings is 2. The Kier molecular flexibility index (Phi) is 3.42. The number of hydrazine groups is 1. The van der Waals surface area contributed by atoms with E-state index in [1.54, 1.807) is 18.2 Å². The molecule has 108 valence electrons. The van der Waals surface area contributed by atoms with Gasteiger partial charge in [-0.05, 0) is 30.3 Å². The average molecular weight is 304 g/mol. The van der Waals surface area contributed by atoms with Crippen molar-refractivity contribution < 1.29 is 4.74 Å². The van der Waals surface area contributed by atoms with E-state index in [9.17, 15) is 0 Å². The Hall–Kier alpha value is -2.28. The smallest absolute Gasteiger partial charge is 0.209 e. The first-order valence-corrected chi connectivity index (χ1v) is 6.65. The van der Waals surface area contributed by atoms with Crippen molar-refractivity contribution in [3.05, 3.63) is 59.1 Å². The molecule has 0 fully saturated rings. The SMILES string of the molecule is NC1=NC(N)(c2ccc(Oc3ccccc3)c(Cl)c2)NN1. The van der Waals surface area contributed by atoms with Crippen molar-refractivity contribution in [1.29, 1.82) is 0 Å². The van der Waals surface area contributed by atoms with Crippen molar-refractivity contribution in [1.82, 2.24) is 10.9 Å². The van der Waals surface area contributed by atoms with Gasteiger partial charge in [0.2, 0.25) is 11.7 Å². The molecule has 0 aromatic heterocycles. The minimum atomic E-state index is -1.14. The second-order valence-electron chi connectivity index (χ2n) is 4.57. The molecular formula is C14H14ClN5O. The fraction of sp³-hybridized carbons (Fsp3) is 0.0714. The van der Waals surface area contributed by atoms with Crippen LogP contribution in [0.15, 0.2) is 53.5 Å². The minimum absolute atomic E-state index is 0.221. The van der Waals surface area contributed by atoms with Crippen LogP contribution in [-0.2, 0) is 5.79 Å². The maximum Gasteiger partial charge on any atom is 0.209 e. The number of para-hydroxylation sites is 1. The Morgan fingerprint density at radius 1 is 1.14 bits per heavy atom. The molecule has 1 aliphatic rings. The summed E-state index contributed by atoms with van der Waals surface area (Å²) in [7, 11) is 0. The highest BCUT2D eigenvalue weighted by Crippen LogP contribution is 2.32. The normalized spacial score (nSPS) is 20.8. The average Bonchev–Trinajstić information content (AvgIpc) is 2.83. The highest BCUT2D eigenvalue weighted by Gasteiger charge is 2.32. The molecule has 21 heavy (non-hydrogen) atoms. The number of guanidine groups is 1. The monoisotopic (exact) mass is 303 g/mol. The van der Waals surface area contributed by atoms with Crippen LogP contribution < -0.4 is 27.1 Å². The minimum Gasteiger partial charge on any atom is -0.456 e. The number of halogens is 1. The molecule has 0 aliphatic carbocycles. The summed E-state index contributed by atoms with van der Waals surface area (Å²) in [5.74, 6) is 0.327. The van der Waals surface area contributed by atoms with E-state index in [2.05, 4.69) is 15.8 Å². The van der Waals surface area contributed by atoms with Gasteiger partial charge in [0, 0.05) is 5.56 Å². The van der Waals surface area contributed by atoms with Crippen LogP contribution in [0.5, 0.6) is 11.5 Å². The van der Waals surface area contributed by atoms with Crippen molar-refractivity contribution in [2.75, 3.05) is 0 Å². The third kappa shape index (κ3) is 2.78. The number of nitrogens with two attached hydrogens (primary N) is 2. The van der Waals surface area contributed by atoms with Gasteiger partial charge in [-0.25, -0.2) is 4.99 Å². The molecule has 0 saturated carbocycles. The van der Waals surface area contributed by atoms with Gasteiger partial charge >= 0.3 is 0 Å². The Morgan fingerprint density at radius 3 is 2.52 bits per heavy atom. The van der Waals surface area contributed by atoms with Crippen LogP contribution in [0.4, 0.5) is 0 Å². The Labute approximate surface area is 126 Å². The first kappa shape index (κ1) is 13.7. The lowest BCUT2D eigenvalue weighted by molar-refractivity contribution is 0.374. The summed E-state index contributed by atoms with van der Waals surface area (Å²) in [5, 5.41) is 0.434. The van der Waals surface area contributed by atoms with E-state index >= 15 is 0 Å². The van der Waals surface area contributed by atoms with Gasteiger partial charge in [0.05, 0.1) is 5.02 Å². The zero-order valence-corrected chi connectivity index (χ0v) is 11.8. The Bertz CT molecular complexity index is 691. The van der Waals surface area contributed by atoms with Crippen LogP contribution in [0.2, 0.25) is 5.02 Å². The lowest BCUT2D eigenvalue weighted by atomic mass is 10.1. The Morgan fingerprint density at radius 2 is 1.90 bits per heavy atom. The van der Waals surface area contributed by atoms with Gasteiger partial charge in [-0.2, -0.15) is 5.43 Å². The van der Waals surface area contributed by atoms with Crippen LogP contribution >= 0.6 is 11.6 Å². The van der Waals surface area contributed by atoms with E-state index < -0.39 is 5.79 Å². The fourth-order valence-electron chi connectivity index (χ4n) is 1.98. The second-order valence-corrected chi connectivity index (χ2v) is 4.98. The molecule has 1 aliphatic heterocycles. The number of hydrogen-bond acceptors (Lipinski definition) is 6. The van der Waals surface area contributed by atoms with E-state index in [0.29, 0.717) is 22.1 Å². The highest BCUT2D eigenvalue weighted by atomic mass is 35.5. The molecule has 0 spiro atoms. The molecule has 1 unspecified atom stereocenters. The van der Waals surface area contributed by atoms with Gasteiger partial charge < -0.3 is 10.5 Å². The van der Waals surface area contributed by atoms with Crippen molar-refractivity contribution in [3.8, 4) is 11.5 Å². The highest BCUT2D eigenvalue weighted by molar-refractivity contribution is 6.32. The lowest BCUT2D eigenvalue weighted by Gasteiger charge is -2.21. The number of nitrogens with zero attached hydrogens (tertiary/aromatic N) is 1. The third-order valence-corrected chi connectivity index (χ3v) is 3.32. The summed E-state index contributed by atoms with van der Waals surface area (Å²) in [6.07, 6.45) is 0. The maximum atomic E-state index is 6.25. The van der Waals surface area contributed by atoms with Crippen LogP contribution in [0.25, 0.3) is 0 Å². The third-order valence-electron chi connectivity index (χ3n) is 3.02. The van der Waals surface area contributed by atoms with Crippen LogP contribution in [0.1, 0.15) is 5.56 Å². The summed E-state index contributed by atoms with van der Waals surface area (Å²) >= 11 is 6.25. The molecule has 1 heterocycles. The molecule has 2 aromatic rings. The van der Waals surface area contributed by atoms with Gasteiger partial charge in [0.25, 0.3) is 0 Å². The molecule has 0 amide bonds. The predicted octanol–water partition coefficient (Wildman–Crippen LogP) is 1.62. The number of nitrogens with one attached hydrogen (secondary N) is 2. The molecule has 1 atom stereocenters. The van der Waals surface area contributed by atoms with Gasteiger partial charge in [-0.3, -0.25) is 11.2 Å². The quantitative estimate of drug-likeness (QED) is 0.691. The standard InChI is InChI=1S/C14H14ClN5O/c15-11-8-9(14(17)18-13(16)19-20-14)6-7-12(11)21-10-4-2-1-3-5-10/h1-8,20H,17H2,(H3,16,18,19). The fourth-order valence-corrected chi connectivity index (χ4v) is 2.20. The van der Waals surface area contributed by atoms with Crippen molar-refractivity contribution in [2.45, 2.75) is 5.79 Å². The van der Waals surface area contributed by atoms with Gasteiger partial charge in [-0.1, -0.05) is 29.8 Å².